The molecule has 2 aromatic carbocycles. The predicted octanol–water partition coefficient (Wildman–Crippen LogP) is -3.00. The normalized spacial score (nSPS) is 19.2. The summed E-state index contributed by atoms with van der Waals surface area (Å²) in [6.07, 6.45) is 3.64. The molecular formula is C19H14Cl2O3PTi. The zero-order valence-electron chi connectivity index (χ0n) is 13.5. The van der Waals surface area contributed by atoms with Crippen LogP contribution in [0.2, 0.25) is 0 Å². The maximum Gasteiger partial charge on any atom is -1.00 e. The summed E-state index contributed by atoms with van der Waals surface area (Å²) in [5.74, 6) is 0.389. The second-order valence-corrected chi connectivity index (χ2v) is 8.47. The van der Waals surface area contributed by atoms with E-state index in [0.717, 1.165) is 21.6 Å². The van der Waals surface area contributed by atoms with Crippen molar-refractivity contribution in [3.63, 3.8) is 0 Å². The van der Waals surface area contributed by atoms with Crippen molar-refractivity contribution < 1.29 is 59.2 Å². The molecule has 1 N–H and O–H groups in total. The Kier molecular flexibility index (Phi) is 6.46. The molecule has 7 heteroatoms. The summed E-state index contributed by atoms with van der Waals surface area (Å²) in [4.78, 5) is 10.6. The first kappa shape index (κ1) is 21.2. The van der Waals surface area contributed by atoms with Crippen molar-refractivity contribution in [2.24, 2.45) is 0 Å². The van der Waals surface area contributed by atoms with Gasteiger partial charge >= 0.3 is 152 Å². The molecule has 0 spiro atoms. The second kappa shape index (κ2) is 7.90. The van der Waals surface area contributed by atoms with E-state index >= 15 is 0 Å². The smallest absolute Gasteiger partial charge is 1.00 e. The Morgan fingerprint density at radius 2 is 1.69 bits per heavy atom. The molecule has 2 unspecified atom stereocenters. The molecule has 131 valence electrons. The SMILES string of the molecule is C=C1C=c2ccccc2=C1OP(=O)(O)C1=Cc2ccccc2[CH]1[Ti+2].[Cl-].[Cl-]. The van der Waals surface area contributed by atoms with Crippen molar-refractivity contribution in [3.05, 3.63) is 87.6 Å². The molecule has 4 rings (SSSR count). The fourth-order valence-electron chi connectivity index (χ4n) is 3.09. The van der Waals surface area contributed by atoms with Crippen molar-refractivity contribution in [1.29, 1.82) is 0 Å². The monoisotopic (exact) mass is 439 g/mol. The number of hydrogen-bond donors (Lipinski definition) is 1. The summed E-state index contributed by atoms with van der Waals surface area (Å²) in [7, 11) is -3.98. The fourth-order valence-corrected chi connectivity index (χ4v) is 5.73. The molecule has 2 aliphatic carbocycles. The Morgan fingerprint density at radius 3 is 2.42 bits per heavy atom. The first-order chi connectivity index (χ1) is 11.5. The fraction of sp³-hybridized carbons (Fsp3) is 0.0526. The summed E-state index contributed by atoms with van der Waals surface area (Å²) in [5.41, 5.74) is 2.64. The van der Waals surface area contributed by atoms with Crippen molar-refractivity contribution >= 4 is 25.5 Å². The van der Waals surface area contributed by atoms with Crippen LogP contribution in [0.15, 0.2) is 66.0 Å². The Morgan fingerprint density at radius 1 is 1.04 bits per heavy atom. The van der Waals surface area contributed by atoms with E-state index in [1.165, 1.54) is 0 Å². The Labute approximate surface area is 175 Å². The molecule has 2 aromatic rings. The number of allylic oxidation sites excluding steroid dienone is 1. The average Bonchev–Trinajstić information content (AvgIpc) is 3.06. The third-order valence-electron chi connectivity index (χ3n) is 4.27. The number of halogens is 2. The van der Waals surface area contributed by atoms with Crippen LogP contribution >= 0.6 is 7.60 Å². The average molecular weight is 440 g/mol. The number of fused-ring (bicyclic) bond motifs is 2. The van der Waals surface area contributed by atoms with E-state index in [4.69, 9.17) is 4.52 Å². The van der Waals surface area contributed by atoms with Gasteiger partial charge in [0.25, 0.3) is 0 Å². The molecule has 26 heavy (non-hydrogen) atoms. The van der Waals surface area contributed by atoms with Crippen LogP contribution < -0.4 is 35.3 Å². The quantitative estimate of drug-likeness (QED) is 0.409. The van der Waals surface area contributed by atoms with Gasteiger partial charge in [0.2, 0.25) is 0 Å². The molecular weight excluding hydrogens is 426 g/mol. The van der Waals surface area contributed by atoms with Gasteiger partial charge < -0.3 is 24.8 Å². The van der Waals surface area contributed by atoms with Gasteiger partial charge in [-0.1, -0.05) is 0 Å². The molecule has 0 bridgehead atoms. The molecule has 0 heterocycles. The number of hydrogen-bond acceptors (Lipinski definition) is 2. The van der Waals surface area contributed by atoms with Gasteiger partial charge in [0, 0.05) is 0 Å². The number of benzene rings is 2. The van der Waals surface area contributed by atoms with Gasteiger partial charge in [0.1, 0.15) is 0 Å². The predicted molar refractivity (Wildman–Crippen MR) is 90.8 cm³/mol. The first-order valence-electron chi connectivity index (χ1n) is 7.52. The van der Waals surface area contributed by atoms with Gasteiger partial charge in [-0.05, 0) is 0 Å². The Hall–Kier alpha value is -1.06. The minimum atomic E-state index is -3.98. The molecule has 0 amide bonds. The van der Waals surface area contributed by atoms with Gasteiger partial charge in [-0.2, -0.15) is 0 Å². The van der Waals surface area contributed by atoms with Crippen LogP contribution in [0.25, 0.3) is 17.9 Å². The molecule has 2 atom stereocenters. The molecule has 3 nitrogen and oxygen atoms in total. The third kappa shape index (κ3) is 3.53. The topological polar surface area (TPSA) is 46.5 Å². The maximum absolute atomic E-state index is 13.0. The summed E-state index contributed by atoms with van der Waals surface area (Å²) in [6, 6.07) is 15.4. The molecule has 0 saturated carbocycles. The maximum atomic E-state index is 13.0. The van der Waals surface area contributed by atoms with Gasteiger partial charge in [0.15, 0.2) is 0 Å². The van der Waals surface area contributed by atoms with Gasteiger partial charge in [-0.15, -0.1) is 0 Å². The van der Waals surface area contributed by atoms with Gasteiger partial charge in [0.05, 0.1) is 0 Å². The zero-order chi connectivity index (χ0) is 16.9. The van der Waals surface area contributed by atoms with E-state index in [-0.39, 0.29) is 29.0 Å². The molecule has 0 saturated heterocycles. The van der Waals surface area contributed by atoms with Crippen molar-refractivity contribution in [2.45, 2.75) is 4.22 Å². The summed E-state index contributed by atoms with van der Waals surface area (Å²) in [6.45, 7) is 3.95. The molecule has 0 radical (unpaired) electrons. The standard InChI is InChI=1S/C19H14O3P.2ClH.Ti/c1-13-10-16-8-4-5-9-18(16)19(13)22-23(20,21)17-11-14-6-2-3-7-15(14)12-17;;;/h2-12H,1H2,(H,20,21);2*1H;/q;;;+2/p-2. The Bertz CT molecular complexity index is 1080. The summed E-state index contributed by atoms with van der Waals surface area (Å²) < 4.78 is 18.5. The minimum absolute atomic E-state index is 0. The van der Waals surface area contributed by atoms with Crippen molar-refractivity contribution in [3.8, 4) is 0 Å². The molecule has 0 fully saturated rings. The van der Waals surface area contributed by atoms with Crippen molar-refractivity contribution in [2.75, 3.05) is 0 Å². The number of rotatable bonds is 3. The second-order valence-electron chi connectivity index (χ2n) is 5.83. The summed E-state index contributed by atoms with van der Waals surface area (Å²) >= 11 is 1.93. The molecule has 2 aliphatic rings. The first-order valence-corrected chi connectivity index (χ1v) is 10.0. The van der Waals surface area contributed by atoms with Crippen LogP contribution in [0, 0.1) is 0 Å². The van der Waals surface area contributed by atoms with Crippen molar-refractivity contribution in [1.82, 2.24) is 0 Å². The van der Waals surface area contributed by atoms with E-state index in [9.17, 15) is 9.46 Å². The minimum Gasteiger partial charge on any atom is -1.00 e. The van der Waals surface area contributed by atoms with Crippen LogP contribution in [0.3, 0.4) is 0 Å². The van der Waals surface area contributed by atoms with Gasteiger partial charge in [-0.3, -0.25) is 0 Å². The zero-order valence-corrected chi connectivity index (χ0v) is 17.5. The van der Waals surface area contributed by atoms with Crippen LogP contribution in [-0.4, -0.2) is 4.89 Å². The largest absolute Gasteiger partial charge is 1.00 e. The van der Waals surface area contributed by atoms with E-state index in [1.54, 1.807) is 6.08 Å². The summed E-state index contributed by atoms with van der Waals surface area (Å²) in [5, 5.41) is 2.18. The van der Waals surface area contributed by atoms with Crippen LogP contribution in [0.4, 0.5) is 0 Å². The van der Waals surface area contributed by atoms with E-state index in [0.29, 0.717) is 16.6 Å². The van der Waals surface area contributed by atoms with E-state index < -0.39 is 7.60 Å². The Balaban J connectivity index is 0.00000121. The van der Waals surface area contributed by atoms with Gasteiger partial charge in [-0.25, -0.2) is 0 Å². The van der Waals surface area contributed by atoms with E-state index in [1.807, 2.05) is 75.0 Å². The van der Waals surface area contributed by atoms with Crippen LogP contribution in [0.5, 0.6) is 0 Å². The van der Waals surface area contributed by atoms with Crippen LogP contribution in [0.1, 0.15) is 15.3 Å². The molecule has 0 aliphatic heterocycles. The van der Waals surface area contributed by atoms with E-state index in [2.05, 4.69) is 6.58 Å². The molecule has 0 aromatic heterocycles. The van der Waals surface area contributed by atoms with Crippen LogP contribution in [-0.2, 0) is 29.5 Å². The third-order valence-corrected chi connectivity index (χ3v) is 7.09.